The van der Waals surface area contributed by atoms with Gasteiger partial charge in [0.15, 0.2) is 6.10 Å². The molecule has 314 valence electrons. The van der Waals surface area contributed by atoms with Crippen molar-refractivity contribution >= 4 is 19.8 Å². The van der Waals surface area contributed by atoms with E-state index in [4.69, 9.17) is 18.5 Å². The van der Waals surface area contributed by atoms with Gasteiger partial charge in [-0.25, -0.2) is 0 Å². The van der Waals surface area contributed by atoms with Crippen molar-refractivity contribution in [2.75, 3.05) is 47.5 Å². The normalized spacial score (nSPS) is 13.7. The number of esters is 2. The molecule has 1 unspecified atom stereocenters. The molecule has 0 saturated heterocycles. The molecule has 10 heteroatoms. The lowest BCUT2D eigenvalue weighted by molar-refractivity contribution is -0.870. The number of unbranched alkanes of at least 4 members (excludes halogenated alkanes) is 24. The highest BCUT2D eigenvalue weighted by molar-refractivity contribution is 7.45. The summed E-state index contributed by atoms with van der Waals surface area (Å²) in [5.74, 6) is -0.829. The first-order valence-corrected chi connectivity index (χ1v) is 23.4. The number of quaternary nitrogens is 1. The van der Waals surface area contributed by atoms with Crippen molar-refractivity contribution in [1.82, 2.24) is 0 Å². The van der Waals surface area contributed by atoms with E-state index in [-0.39, 0.29) is 32.0 Å². The lowest BCUT2D eigenvalue weighted by Gasteiger charge is -2.28. The van der Waals surface area contributed by atoms with Crippen LogP contribution in [0.4, 0.5) is 0 Å². The Labute approximate surface area is 326 Å². The van der Waals surface area contributed by atoms with Crippen LogP contribution in [0.5, 0.6) is 0 Å². The van der Waals surface area contributed by atoms with Crippen LogP contribution in [0.3, 0.4) is 0 Å². The lowest BCUT2D eigenvalue weighted by atomic mass is 10.0. The molecule has 2 atom stereocenters. The van der Waals surface area contributed by atoms with Crippen molar-refractivity contribution in [2.24, 2.45) is 0 Å². The number of phosphoric acid groups is 1. The van der Waals surface area contributed by atoms with Crippen molar-refractivity contribution in [1.29, 1.82) is 0 Å². The van der Waals surface area contributed by atoms with E-state index in [0.29, 0.717) is 17.4 Å². The second-order valence-electron chi connectivity index (χ2n) is 16.1. The van der Waals surface area contributed by atoms with Crippen molar-refractivity contribution in [3.63, 3.8) is 0 Å². The fourth-order valence-electron chi connectivity index (χ4n) is 6.06. The van der Waals surface area contributed by atoms with Crippen molar-refractivity contribution in [3.8, 4) is 0 Å². The minimum Gasteiger partial charge on any atom is -0.756 e. The van der Waals surface area contributed by atoms with Crippen molar-refractivity contribution in [3.05, 3.63) is 12.2 Å². The molecule has 0 heterocycles. The van der Waals surface area contributed by atoms with Crippen LogP contribution < -0.4 is 4.89 Å². The van der Waals surface area contributed by atoms with Crippen LogP contribution in [0, 0.1) is 0 Å². The summed E-state index contributed by atoms with van der Waals surface area (Å²) in [5.41, 5.74) is 0. The summed E-state index contributed by atoms with van der Waals surface area (Å²) >= 11 is 0. The average molecular weight is 774 g/mol. The predicted octanol–water partition coefficient (Wildman–Crippen LogP) is 11.6. The molecule has 0 aliphatic rings. The number of carbonyl (C=O) groups excluding carboxylic acids is 2. The van der Waals surface area contributed by atoms with Crippen LogP contribution in [-0.4, -0.2) is 70.0 Å². The maximum atomic E-state index is 12.7. The predicted molar refractivity (Wildman–Crippen MR) is 218 cm³/mol. The number of hydrogen-bond acceptors (Lipinski definition) is 8. The number of carbonyl (C=O) groups is 2. The van der Waals surface area contributed by atoms with E-state index in [0.717, 1.165) is 38.5 Å². The second-order valence-corrected chi connectivity index (χ2v) is 17.5. The Bertz CT molecular complexity index is 922. The maximum Gasteiger partial charge on any atom is 0.306 e. The van der Waals surface area contributed by atoms with Gasteiger partial charge in [-0.05, 0) is 38.5 Å². The molecular weight excluding hydrogens is 689 g/mol. The summed E-state index contributed by atoms with van der Waals surface area (Å²) in [4.78, 5) is 37.5. The third kappa shape index (κ3) is 40.2. The molecule has 0 aromatic carbocycles. The van der Waals surface area contributed by atoms with E-state index in [2.05, 4.69) is 26.0 Å². The monoisotopic (exact) mass is 774 g/mol. The summed E-state index contributed by atoms with van der Waals surface area (Å²) in [6.45, 7) is 4.23. The van der Waals surface area contributed by atoms with Gasteiger partial charge < -0.3 is 27.9 Å². The molecule has 0 radical (unpaired) electrons. The van der Waals surface area contributed by atoms with Gasteiger partial charge in [-0.1, -0.05) is 161 Å². The second kappa shape index (κ2) is 36.4. The molecule has 0 bridgehead atoms. The summed E-state index contributed by atoms with van der Waals surface area (Å²) in [6, 6.07) is 0. The fourth-order valence-corrected chi connectivity index (χ4v) is 6.79. The van der Waals surface area contributed by atoms with Crippen LogP contribution in [0.25, 0.3) is 0 Å². The van der Waals surface area contributed by atoms with Gasteiger partial charge in [0, 0.05) is 12.8 Å². The van der Waals surface area contributed by atoms with E-state index in [1.165, 1.54) is 128 Å². The lowest BCUT2D eigenvalue weighted by Crippen LogP contribution is -2.37. The summed E-state index contributed by atoms with van der Waals surface area (Å²) in [5, 5.41) is 0. The number of rotatable bonds is 40. The van der Waals surface area contributed by atoms with E-state index in [9.17, 15) is 19.0 Å². The number of allylic oxidation sites excluding steroid dienone is 2. The Morgan fingerprint density at radius 1 is 0.566 bits per heavy atom. The molecule has 0 aliphatic carbocycles. The highest BCUT2D eigenvalue weighted by Gasteiger charge is 2.21. The van der Waals surface area contributed by atoms with Gasteiger partial charge in [-0.3, -0.25) is 14.2 Å². The minimum absolute atomic E-state index is 0.0281. The Morgan fingerprint density at radius 3 is 1.42 bits per heavy atom. The quantitative estimate of drug-likeness (QED) is 0.0199. The molecule has 0 aliphatic heterocycles. The van der Waals surface area contributed by atoms with Gasteiger partial charge in [0.25, 0.3) is 7.82 Å². The topological polar surface area (TPSA) is 111 Å². The zero-order valence-electron chi connectivity index (χ0n) is 35.2. The van der Waals surface area contributed by atoms with Crippen LogP contribution in [-0.2, 0) is 32.7 Å². The van der Waals surface area contributed by atoms with E-state index < -0.39 is 26.5 Å². The average Bonchev–Trinajstić information content (AvgIpc) is 3.10. The van der Waals surface area contributed by atoms with Crippen LogP contribution in [0.15, 0.2) is 12.2 Å². The van der Waals surface area contributed by atoms with Gasteiger partial charge in [0.05, 0.1) is 27.7 Å². The first-order chi connectivity index (χ1) is 25.5. The minimum atomic E-state index is -4.62. The third-order valence-electron chi connectivity index (χ3n) is 9.54. The molecule has 0 rings (SSSR count). The molecule has 0 spiro atoms. The van der Waals surface area contributed by atoms with Gasteiger partial charge in [-0.2, -0.15) is 0 Å². The molecular formula is C43H84NO8P. The summed E-state index contributed by atoms with van der Waals surface area (Å²) in [7, 11) is 1.17. The van der Waals surface area contributed by atoms with Gasteiger partial charge in [-0.15, -0.1) is 0 Å². The number of hydrogen-bond donors (Lipinski definition) is 0. The molecule has 0 aromatic heterocycles. The molecule has 0 fully saturated rings. The standard InChI is InChI=1S/C43H84NO8P/c1-6-8-10-12-14-16-18-20-21-22-23-24-26-28-30-32-34-36-43(46)52-41(40-51-53(47,48)50-38-37-44(3,4)5)39-49-42(45)35-33-31-29-27-25-19-17-15-13-11-9-7-2/h16,18,41H,6-15,17,19-40H2,1-5H3/b18-16+/t41-/m1/s1. The van der Waals surface area contributed by atoms with Gasteiger partial charge >= 0.3 is 11.9 Å². The van der Waals surface area contributed by atoms with Gasteiger partial charge in [0.2, 0.25) is 0 Å². The Hall–Kier alpha value is -1.25. The molecule has 0 aromatic rings. The smallest absolute Gasteiger partial charge is 0.306 e. The zero-order chi connectivity index (χ0) is 39.3. The first kappa shape index (κ1) is 51.8. The molecule has 0 N–H and O–H groups in total. The molecule has 9 nitrogen and oxygen atoms in total. The maximum absolute atomic E-state index is 12.7. The Balaban J connectivity index is 4.33. The number of ether oxygens (including phenoxy) is 2. The van der Waals surface area contributed by atoms with Crippen LogP contribution in [0.2, 0.25) is 0 Å². The SMILES string of the molecule is CCCCCC/C=C/CCCCCCCCCCCC(=O)O[C@H](COC(=O)CCCCCCCCCCCCCC)COP(=O)([O-])OCC[N+](C)(C)C. The van der Waals surface area contributed by atoms with Crippen molar-refractivity contribution < 1.29 is 42.1 Å². The highest BCUT2D eigenvalue weighted by atomic mass is 31.2. The van der Waals surface area contributed by atoms with Crippen molar-refractivity contribution in [2.45, 2.75) is 206 Å². The third-order valence-corrected chi connectivity index (χ3v) is 10.5. The number of nitrogens with zero attached hydrogens (tertiary/aromatic N) is 1. The van der Waals surface area contributed by atoms with E-state index in [1.54, 1.807) is 0 Å². The molecule has 53 heavy (non-hydrogen) atoms. The zero-order valence-corrected chi connectivity index (χ0v) is 36.1. The summed E-state index contributed by atoms with van der Waals surface area (Å²) < 4.78 is 33.9. The molecule has 0 saturated carbocycles. The molecule has 0 amide bonds. The fraction of sp³-hybridized carbons (Fsp3) is 0.907. The number of likely N-dealkylation sites (N-methyl/N-ethyl adjacent to an activating group) is 1. The summed E-state index contributed by atoms with van der Waals surface area (Å²) in [6.07, 6.45) is 36.6. The first-order valence-electron chi connectivity index (χ1n) is 21.9. The van der Waals surface area contributed by atoms with Crippen LogP contribution >= 0.6 is 7.82 Å². The largest absolute Gasteiger partial charge is 0.756 e. The number of phosphoric ester groups is 1. The van der Waals surface area contributed by atoms with E-state index >= 15 is 0 Å². The Kier molecular flexibility index (Phi) is 35.5. The van der Waals surface area contributed by atoms with Gasteiger partial charge in [0.1, 0.15) is 19.8 Å². The van der Waals surface area contributed by atoms with Crippen LogP contribution in [0.1, 0.15) is 200 Å². The Morgan fingerprint density at radius 2 is 0.962 bits per heavy atom. The highest BCUT2D eigenvalue weighted by Crippen LogP contribution is 2.38. The van der Waals surface area contributed by atoms with E-state index in [1.807, 2.05) is 21.1 Å².